The third-order valence-corrected chi connectivity index (χ3v) is 1.88. The Balaban J connectivity index is 3.64. The monoisotopic (exact) mass is 245 g/mol. The second-order valence-corrected chi connectivity index (χ2v) is 3.75. The average Bonchev–Trinajstić information content (AvgIpc) is 1.64. The lowest BCUT2D eigenvalue weighted by atomic mass is 10.4. The van der Waals surface area contributed by atoms with Crippen molar-refractivity contribution in [2.45, 2.75) is 13.0 Å². The predicted octanol–water partition coefficient (Wildman–Crippen LogP) is 1.38. The van der Waals surface area contributed by atoms with Crippen LogP contribution >= 0.6 is 32.3 Å². The van der Waals surface area contributed by atoms with E-state index in [1.807, 2.05) is 0 Å². The van der Waals surface area contributed by atoms with Crippen LogP contribution in [-0.2, 0) is 4.79 Å². The van der Waals surface area contributed by atoms with E-state index in [-0.39, 0.29) is 0 Å². The summed E-state index contributed by atoms with van der Waals surface area (Å²) >= 11 is 5.82. The minimum atomic E-state index is -0.876. The first-order valence-electron chi connectivity index (χ1n) is 1.89. The summed E-state index contributed by atoms with van der Waals surface area (Å²) in [4.78, 5) is 10.0. The fourth-order valence-electron chi connectivity index (χ4n) is 0.0835. The fraction of sp³-hybridized carbons (Fsp3) is 0.667. The molecule has 0 aromatic carbocycles. The SMILES string of the molecule is C[C@@H](C(=O)O)N(Br)Br. The van der Waals surface area contributed by atoms with Crippen LogP contribution in [0.5, 0.6) is 0 Å². The molecule has 0 bridgehead atoms. The molecule has 1 atom stereocenters. The maximum Gasteiger partial charge on any atom is 0.322 e. The molecule has 0 spiro atoms. The molecule has 0 aliphatic heterocycles. The smallest absolute Gasteiger partial charge is 0.322 e. The Hall–Kier alpha value is 0.390. The molecule has 5 heteroatoms. The molecule has 0 radical (unpaired) electrons. The molecule has 0 aliphatic carbocycles. The first-order chi connectivity index (χ1) is 3.55. The van der Waals surface area contributed by atoms with Crippen molar-refractivity contribution in [2.24, 2.45) is 0 Å². The summed E-state index contributed by atoms with van der Waals surface area (Å²) in [6.07, 6.45) is 0. The molecular weight excluding hydrogens is 242 g/mol. The standard InChI is InChI=1S/C3H5Br2NO2/c1-2(3(7)8)6(4)5/h2H,1H3,(H,7,8)/t2-/m0/s1. The molecule has 0 aromatic heterocycles. The highest BCUT2D eigenvalue weighted by molar-refractivity contribution is 9.21. The van der Waals surface area contributed by atoms with Crippen molar-refractivity contribution < 1.29 is 9.90 Å². The van der Waals surface area contributed by atoms with Crippen LogP contribution in [0.1, 0.15) is 6.92 Å². The molecule has 0 aliphatic rings. The van der Waals surface area contributed by atoms with Gasteiger partial charge in [0.25, 0.3) is 0 Å². The van der Waals surface area contributed by atoms with Crippen LogP contribution < -0.4 is 0 Å². The first kappa shape index (κ1) is 8.39. The zero-order chi connectivity index (χ0) is 6.73. The Bertz CT molecular complexity index is 95.3. The van der Waals surface area contributed by atoms with Gasteiger partial charge in [0, 0.05) is 32.3 Å². The van der Waals surface area contributed by atoms with Gasteiger partial charge in [0.15, 0.2) is 0 Å². The van der Waals surface area contributed by atoms with Gasteiger partial charge < -0.3 is 5.11 Å². The molecule has 0 unspecified atom stereocenters. The molecule has 0 fully saturated rings. The summed E-state index contributed by atoms with van der Waals surface area (Å²) in [5.41, 5.74) is 0. The third kappa shape index (κ3) is 2.64. The van der Waals surface area contributed by atoms with Gasteiger partial charge in [-0.1, -0.05) is 0 Å². The van der Waals surface area contributed by atoms with Gasteiger partial charge >= 0.3 is 5.97 Å². The number of hydrogen-bond donors (Lipinski definition) is 1. The number of carbonyl (C=O) groups is 1. The number of aliphatic carboxylic acids is 1. The summed E-state index contributed by atoms with van der Waals surface area (Å²) in [6, 6.07) is -0.546. The zero-order valence-corrected chi connectivity index (χ0v) is 7.31. The van der Waals surface area contributed by atoms with E-state index in [4.69, 9.17) is 5.11 Å². The van der Waals surface area contributed by atoms with Gasteiger partial charge in [-0.05, 0) is 6.92 Å². The second kappa shape index (κ2) is 3.42. The third-order valence-electron chi connectivity index (χ3n) is 0.650. The maximum absolute atomic E-state index is 10.0. The number of halogens is 2. The van der Waals surface area contributed by atoms with Crippen LogP contribution in [0, 0.1) is 0 Å². The molecule has 1 N–H and O–H groups in total. The highest BCUT2D eigenvalue weighted by Crippen LogP contribution is 2.10. The molecule has 0 aromatic rings. The van der Waals surface area contributed by atoms with Gasteiger partial charge in [-0.2, -0.15) is 2.95 Å². The van der Waals surface area contributed by atoms with E-state index >= 15 is 0 Å². The van der Waals surface area contributed by atoms with E-state index in [2.05, 4.69) is 32.3 Å². The fourth-order valence-corrected chi connectivity index (χ4v) is 0.434. The van der Waals surface area contributed by atoms with E-state index < -0.39 is 12.0 Å². The quantitative estimate of drug-likeness (QED) is 0.749. The summed E-state index contributed by atoms with van der Waals surface area (Å²) in [5, 5.41) is 8.25. The Kier molecular flexibility index (Phi) is 3.59. The lowest BCUT2D eigenvalue weighted by Crippen LogP contribution is -2.24. The highest BCUT2D eigenvalue weighted by atomic mass is 79.9. The van der Waals surface area contributed by atoms with E-state index in [1.165, 1.54) is 2.95 Å². The average molecular weight is 247 g/mol. The van der Waals surface area contributed by atoms with Gasteiger partial charge in [-0.25, -0.2) is 0 Å². The van der Waals surface area contributed by atoms with Gasteiger partial charge in [0.05, 0.1) is 0 Å². The molecule has 8 heavy (non-hydrogen) atoms. The highest BCUT2D eigenvalue weighted by Gasteiger charge is 2.14. The summed E-state index contributed by atoms with van der Waals surface area (Å²) < 4.78 is 1.27. The molecule has 0 saturated heterocycles. The molecule has 3 nitrogen and oxygen atoms in total. The van der Waals surface area contributed by atoms with Crippen molar-refractivity contribution in [2.75, 3.05) is 0 Å². The molecule has 0 rings (SSSR count). The van der Waals surface area contributed by atoms with Crippen LogP contribution in [0.4, 0.5) is 0 Å². The summed E-state index contributed by atoms with van der Waals surface area (Å²) in [5.74, 6) is -0.876. The summed E-state index contributed by atoms with van der Waals surface area (Å²) in [6.45, 7) is 1.55. The van der Waals surface area contributed by atoms with Crippen molar-refractivity contribution in [3.63, 3.8) is 0 Å². The van der Waals surface area contributed by atoms with Crippen LogP contribution in [0.25, 0.3) is 0 Å². The molecule has 0 saturated carbocycles. The van der Waals surface area contributed by atoms with Gasteiger partial charge in [0.1, 0.15) is 6.04 Å². The lowest BCUT2D eigenvalue weighted by Gasteiger charge is -2.07. The van der Waals surface area contributed by atoms with Crippen LogP contribution in [0.15, 0.2) is 0 Å². The molecule has 0 heterocycles. The van der Waals surface area contributed by atoms with Crippen molar-refractivity contribution in [1.82, 2.24) is 2.95 Å². The minimum absolute atomic E-state index is 0.546. The van der Waals surface area contributed by atoms with E-state index in [0.717, 1.165) is 0 Å². The van der Waals surface area contributed by atoms with Crippen molar-refractivity contribution in [3.05, 3.63) is 0 Å². The zero-order valence-electron chi connectivity index (χ0n) is 4.14. The Morgan fingerprint density at radius 2 is 2.12 bits per heavy atom. The molecular formula is C3H5Br2NO2. The normalized spacial score (nSPS) is 14.0. The van der Waals surface area contributed by atoms with Gasteiger partial charge in [0.2, 0.25) is 0 Å². The Labute approximate surface area is 64.3 Å². The molecule has 48 valence electrons. The van der Waals surface area contributed by atoms with Gasteiger partial charge in [-0.15, -0.1) is 0 Å². The Morgan fingerprint density at radius 3 is 2.12 bits per heavy atom. The topological polar surface area (TPSA) is 40.5 Å². The Morgan fingerprint density at radius 1 is 1.75 bits per heavy atom. The predicted molar refractivity (Wildman–Crippen MR) is 36.8 cm³/mol. The number of rotatable bonds is 2. The number of carboxylic acid groups (broad SMARTS) is 1. The number of nitrogens with zero attached hydrogens (tertiary/aromatic N) is 1. The number of hydrogen-bond acceptors (Lipinski definition) is 2. The molecule has 0 amide bonds. The van der Waals surface area contributed by atoms with Crippen molar-refractivity contribution in [1.29, 1.82) is 0 Å². The first-order valence-corrected chi connectivity index (χ1v) is 3.31. The van der Waals surface area contributed by atoms with Crippen molar-refractivity contribution in [3.8, 4) is 0 Å². The second-order valence-electron chi connectivity index (χ2n) is 1.27. The van der Waals surface area contributed by atoms with E-state index in [1.54, 1.807) is 6.92 Å². The van der Waals surface area contributed by atoms with Crippen molar-refractivity contribution >= 4 is 38.3 Å². The lowest BCUT2D eigenvalue weighted by molar-refractivity contribution is -0.139. The number of carboxylic acids is 1. The van der Waals surface area contributed by atoms with Crippen LogP contribution in [0.2, 0.25) is 0 Å². The minimum Gasteiger partial charge on any atom is -0.480 e. The largest absolute Gasteiger partial charge is 0.480 e. The summed E-state index contributed by atoms with van der Waals surface area (Å²) in [7, 11) is 0. The van der Waals surface area contributed by atoms with E-state index in [0.29, 0.717) is 0 Å². The maximum atomic E-state index is 10.0. The van der Waals surface area contributed by atoms with Crippen LogP contribution in [0.3, 0.4) is 0 Å². The van der Waals surface area contributed by atoms with E-state index in [9.17, 15) is 4.79 Å². The van der Waals surface area contributed by atoms with Gasteiger partial charge in [-0.3, -0.25) is 4.79 Å². The van der Waals surface area contributed by atoms with Crippen LogP contribution in [-0.4, -0.2) is 20.1 Å².